The summed E-state index contributed by atoms with van der Waals surface area (Å²) in [6, 6.07) is 18.6. The van der Waals surface area contributed by atoms with Gasteiger partial charge in [0.15, 0.2) is 0 Å². The first-order chi connectivity index (χ1) is 15.2. The van der Waals surface area contributed by atoms with E-state index in [2.05, 4.69) is 47.1 Å². The van der Waals surface area contributed by atoms with Gasteiger partial charge in [0.2, 0.25) is 5.91 Å². The SMILES string of the molecule is CCOc1ccccc1CNc1ccc([C@H]2c3ccsc3CCN2C(=O)COC)cc1. The van der Waals surface area contributed by atoms with Crippen molar-refractivity contribution in [2.45, 2.75) is 25.9 Å². The Balaban J connectivity index is 1.52. The predicted molar refractivity (Wildman–Crippen MR) is 125 cm³/mol. The number of carbonyl (C=O) groups is 1. The number of nitrogens with zero attached hydrogens (tertiary/aromatic N) is 1. The molecule has 4 rings (SSSR count). The van der Waals surface area contributed by atoms with Gasteiger partial charge in [0.05, 0.1) is 12.6 Å². The van der Waals surface area contributed by atoms with Gasteiger partial charge in [0.25, 0.3) is 0 Å². The van der Waals surface area contributed by atoms with E-state index < -0.39 is 0 Å². The number of rotatable bonds is 8. The molecule has 0 aliphatic carbocycles. The standard InChI is InChI=1S/C25H28N2O3S/c1-3-30-22-7-5-4-6-19(22)16-26-20-10-8-18(9-11-20)25-21-13-15-31-23(21)12-14-27(25)24(28)17-29-2/h4-11,13,15,25-26H,3,12,14,16-17H2,1-2H3/t25-/m0/s1. The summed E-state index contributed by atoms with van der Waals surface area (Å²) in [6.07, 6.45) is 0.901. The molecule has 3 aromatic rings. The second kappa shape index (κ2) is 9.98. The number of nitrogens with one attached hydrogen (secondary N) is 1. The second-order valence-corrected chi connectivity index (χ2v) is 8.49. The van der Waals surface area contributed by atoms with E-state index in [0.29, 0.717) is 19.7 Å². The van der Waals surface area contributed by atoms with Crippen LogP contribution < -0.4 is 10.1 Å². The lowest BCUT2D eigenvalue weighted by atomic mass is 9.93. The van der Waals surface area contributed by atoms with Crippen molar-refractivity contribution in [2.24, 2.45) is 0 Å². The number of para-hydroxylation sites is 1. The van der Waals surface area contributed by atoms with Gasteiger partial charge in [0.1, 0.15) is 12.4 Å². The molecule has 1 aromatic heterocycles. The molecule has 0 spiro atoms. The second-order valence-electron chi connectivity index (χ2n) is 7.49. The average molecular weight is 437 g/mol. The Kier molecular flexibility index (Phi) is 6.89. The minimum absolute atomic E-state index is 0.0269. The summed E-state index contributed by atoms with van der Waals surface area (Å²) in [4.78, 5) is 16.0. The van der Waals surface area contributed by atoms with Crippen LogP contribution in [0.4, 0.5) is 5.69 Å². The highest BCUT2D eigenvalue weighted by molar-refractivity contribution is 7.10. The van der Waals surface area contributed by atoms with Crippen LogP contribution in [0.1, 0.15) is 34.5 Å². The first kappa shape index (κ1) is 21.4. The summed E-state index contributed by atoms with van der Waals surface area (Å²) in [5.41, 5.74) is 4.50. The number of hydrogen-bond acceptors (Lipinski definition) is 5. The van der Waals surface area contributed by atoms with Crippen LogP contribution >= 0.6 is 11.3 Å². The van der Waals surface area contributed by atoms with Crippen molar-refractivity contribution in [3.8, 4) is 5.75 Å². The zero-order chi connectivity index (χ0) is 21.6. The Bertz CT molecular complexity index is 1020. The number of ether oxygens (including phenoxy) is 2. The molecule has 162 valence electrons. The van der Waals surface area contributed by atoms with E-state index in [0.717, 1.165) is 29.0 Å². The van der Waals surface area contributed by atoms with E-state index in [-0.39, 0.29) is 18.6 Å². The maximum atomic E-state index is 12.7. The summed E-state index contributed by atoms with van der Waals surface area (Å²) in [7, 11) is 1.57. The van der Waals surface area contributed by atoms with Crippen molar-refractivity contribution in [3.63, 3.8) is 0 Å². The van der Waals surface area contributed by atoms with Crippen LogP contribution in [0, 0.1) is 0 Å². The minimum atomic E-state index is -0.0645. The van der Waals surface area contributed by atoms with Crippen LogP contribution in [0.25, 0.3) is 0 Å². The quantitative estimate of drug-likeness (QED) is 0.547. The van der Waals surface area contributed by atoms with E-state index >= 15 is 0 Å². The van der Waals surface area contributed by atoms with Crippen molar-refractivity contribution >= 4 is 22.9 Å². The number of carbonyl (C=O) groups excluding carboxylic acids is 1. The van der Waals surface area contributed by atoms with Gasteiger partial charge >= 0.3 is 0 Å². The van der Waals surface area contributed by atoms with Gasteiger partial charge in [-0.25, -0.2) is 0 Å². The van der Waals surface area contributed by atoms with Crippen LogP contribution in [0.5, 0.6) is 5.75 Å². The number of fused-ring (bicyclic) bond motifs is 1. The van der Waals surface area contributed by atoms with Gasteiger partial charge in [0, 0.05) is 36.3 Å². The van der Waals surface area contributed by atoms with E-state index in [9.17, 15) is 4.79 Å². The molecule has 0 bridgehead atoms. The van der Waals surface area contributed by atoms with E-state index in [1.807, 2.05) is 30.0 Å². The van der Waals surface area contributed by atoms with Gasteiger partial charge < -0.3 is 19.7 Å². The number of anilines is 1. The molecule has 6 heteroatoms. The van der Waals surface area contributed by atoms with E-state index in [1.165, 1.54) is 10.4 Å². The molecule has 0 saturated heterocycles. The summed E-state index contributed by atoms with van der Waals surface area (Å²) >= 11 is 1.77. The van der Waals surface area contributed by atoms with E-state index in [1.54, 1.807) is 18.4 Å². The average Bonchev–Trinajstić information content (AvgIpc) is 3.27. The number of benzene rings is 2. The highest BCUT2D eigenvalue weighted by atomic mass is 32.1. The third-order valence-corrected chi connectivity index (χ3v) is 6.53. The first-order valence-electron chi connectivity index (χ1n) is 10.6. The van der Waals surface area contributed by atoms with Crippen LogP contribution in [0.2, 0.25) is 0 Å². The summed E-state index contributed by atoms with van der Waals surface area (Å²) in [6.45, 7) is 4.15. The van der Waals surface area contributed by atoms with Crippen LogP contribution in [-0.2, 0) is 22.5 Å². The molecule has 1 aliphatic rings. The maximum Gasteiger partial charge on any atom is 0.249 e. The van der Waals surface area contributed by atoms with Crippen LogP contribution in [0.15, 0.2) is 60.0 Å². The monoisotopic (exact) mass is 436 g/mol. The summed E-state index contributed by atoms with van der Waals surface area (Å²) < 4.78 is 10.8. The van der Waals surface area contributed by atoms with E-state index in [4.69, 9.17) is 9.47 Å². The summed E-state index contributed by atoms with van der Waals surface area (Å²) in [5, 5.41) is 5.60. The lowest BCUT2D eigenvalue weighted by Crippen LogP contribution is -2.41. The zero-order valence-corrected chi connectivity index (χ0v) is 18.8. The van der Waals surface area contributed by atoms with Gasteiger partial charge in [-0.2, -0.15) is 0 Å². The Labute approximate surface area is 187 Å². The number of methoxy groups -OCH3 is 1. The molecule has 1 N–H and O–H groups in total. The lowest BCUT2D eigenvalue weighted by Gasteiger charge is -2.36. The van der Waals surface area contributed by atoms with Gasteiger partial charge in [-0.3, -0.25) is 4.79 Å². The fraction of sp³-hybridized carbons (Fsp3) is 0.320. The van der Waals surface area contributed by atoms with Crippen molar-refractivity contribution in [1.82, 2.24) is 4.90 Å². The Morgan fingerprint density at radius 2 is 1.97 bits per heavy atom. The molecule has 2 aromatic carbocycles. The molecular formula is C25H28N2O3S. The molecule has 1 amide bonds. The highest BCUT2D eigenvalue weighted by Gasteiger charge is 2.32. The third-order valence-electron chi connectivity index (χ3n) is 5.54. The van der Waals surface area contributed by atoms with Crippen molar-refractivity contribution in [3.05, 3.63) is 81.5 Å². The Morgan fingerprint density at radius 1 is 1.16 bits per heavy atom. The molecule has 31 heavy (non-hydrogen) atoms. The molecule has 0 fully saturated rings. The van der Waals surface area contributed by atoms with Gasteiger partial charge in [-0.1, -0.05) is 30.3 Å². The summed E-state index contributed by atoms with van der Waals surface area (Å²) in [5.74, 6) is 0.938. The molecule has 5 nitrogen and oxygen atoms in total. The Morgan fingerprint density at radius 3 is 2.74 bits per heavy atom. The molecule has 1 aliphatic heterocycles. The highest BCUT2D eigenvalue weighted by Crippen LogP contribution is 2.38. The number of amides is 1. The van der Waals surface area contributed by atoms with Crippen molar-refractivity contribution in [2.75, 3.05) is 32.2 Å². The fourth-order valence-corrected chi connectivity index (χ4v) is 4.98. The largest absolute Gasteiger partial charge is 0.494 e. The number of thiophene rings is 1. The maximum absolute atomic E-state index is 12.7. The molecule has 0 saturated carbocycles. The molecule has 1 atom stereocenters. The predicted octanol–water partition coefficient (Wildman–Crippen LogP) is 4.88. The van der Waals surface area contributed by atoms with Gasteiger partial charge in [-0.05, 0) is 54.1 Å². The minimum Gasteiger partial charge on any atom is -0.494 e. The molecule has 0 unspecified atom stereocenters. The van der Waals surface area contributed by atoms with Crippen molar-refractivity contribution < 1.29 is 14.3 Å². The molecular weight excluding hydrogens is 408 g/mol. The lowest BCUT2D eigenvalue weighted by molar-refractivity contribution is -0.137. The zero-order valence-electron chi connectivity index (χ0n) is 18.0. The Hall–Kier alpha value is -2.83. The van der Waals surface area contributed by atoms with Crippen LogP contribution in [0.3, 0.4) is 0 Å². The smallest absolute Gasteiger partial charge is 0.249 e. The topological polar surface area (TPSA) is 50.8 Å². The van der Waals surface area contributed by atoms with Crippen molar-refractivity contribution in [1.29, 1.82) is 0 Å². The van der Waals surface area contributed by atoms with Crippen LogP contribution in [-0.4, -0.2) is 37.7 Å². The normalized spacial score (nSPS) is 15.4. The van der Waals surface area contributed by atoms with Gasteiger partial charge in [-0.15, -0.1) is 11.3 Å². The molecule has 0 radical (unpaired) electrons. The molecule has 2 heterocycles. The third kappa shape index (κ3) is 4.75. The fourth-order valence-electron chi connectivity index (χ4n) is 4.08. The number of hydrogen-bond donors (Lipinski definition) is 1. The first-order valence-corrected chi connectivity index (χ1v) is 11.5.